The fraction of sp³-hybridized carbons (Fsp3) is 0.250. The number of para-hydroxylation sites is 1. The summed E-state index contributed by atoms with van der Waals surface area (Å²) in [5.74, 6) is 0. The monoisotopic (exact) mass is 401 g/mol. The van der Waals surface area contributed by atoms with Gasteiger partial charge in [0.2, 0.25) is 5.69 Å². The van der Waals surface area contributed by atoms with Gasteiger partial charge in [-0.3, -0.25) is 10.1 Å². The van der Waals surface area contributed by atoms with Crippen LogP contribution in [0.2, 0.25) is 0 Å². The van der Waals surface area contributed by atoms with Crippen LogP contribution in [0.5, 0.6) is 0 Å². The smallest absolute Gasteiger partial charge is 0.258 e. The number of benzene rings is 2. The van der Waals surface area contributed by atoms with Gasteiger partial charge < -0.3 is 0 Å². The number of nitro benzene ring substituents is 1. The first-order valence-electron chi connectivity index (χ1n) is 9.91. The average Bonchev–Trinajstić information content (AvgIpc) is 3.11. The fourth-order valence-corrected chi connectivity index (χ4v) is 4.32. The van der Waals surface area contributed by atoms with Crippen LogP contribution in [0, 0.1) is 24.0 Å². The molecule has 0 amide bonds. The highest BCUT2D eigenvalue weighted by Gasteiger charge is 2.43. The van der Waals surface area contributed by atoms with E-state index >= 15 is 0 Å². The molecule has 0 aliphatic carbocycles. The summed E-state index contributed by atoms with van der Waals surface area (Å²) in [6, 6.07) is 15.2. The Kier molecular flexibility index (Phi) is 4.65. The van der Waals surface area contributed by atoms with Crippen molar-refractivity contribution in [1.82, 2.24) is 9.78 Å². The lowest BCUT2D eigenvalue weighted by molar-refractivity contribution is -0.402. The van der Waals surface area contributed by atoms with E-state index in [-0.39, 0.29) is 16.0 Å². The number of hydrogen-bond acceptors (Lipinski definition) is 3. The molecule has 0 N–H and O–H groups in total. The van der Waals surface area contributed by atoms with Crippen LogP contribution in [-0.2, 0) is 5.41 Å². The van der Waals surface area contributed by atoms with Crippen molar-refractivity contribution < 1.29 is 9.50 Å². The molecule has 2 heterocycles. The Morgan fingerprint density at radius 1 is 1.10 bits per heavy atom. The molecule has 0 saturated carbocycles. The van der Waals surface area contributed by atoms with Gasteiger partial charge in [-0.05, 0) is 45.9 Å². The van der Waals surface area contributed by atoms with Crippen LogP contribution in [0.25, 0.3) is 11.8 Å². The molecule has 152 valence electrons. The quantitative estimate of drug-likeness (QED) is 0.346. The van der Waals surface area contributed by atoms with Gasteiger partial charge in [-0.15, -0.1) is 0 Å². The van der Waals surface area contributed by atoms with Crippen LogP contribution in [0.4, 0.5) is 11.4 Å². The van der Waals surface area contributed by atoms with Crippen molar-refractivity contribution in [1.29, 1.82) is 0 Å². The summed E-state index contributed by atoms with van der Waals surface area (Å²) in [7, 11) is 2.01. The molecule has 0 unspecified atom stereocenters. The van der Waals surface area contributed by atoms with Crippen LogP contribution < -0.4 is 0 Å². The number of aromatic nitrogens is 2. The molecule has 6 heteroatoms. The summed E-state index contributed by atoms with van der Waals surface area (Å²) in [5.41, 5.74) is 6.97. The number of nitro groups is 1. The largest absolute Gasteiger partial charge is 0.270 e. The Morgan fingerprint density at radius 2 is 1.80 bits per heavy atom. The molecule has 0 radical (unpaired) electrons. The first-order chi connectivity index (χ1) is 14.2. The number of aryl methyl sites for hydroxylation is 1. The Morgan fingerprint density at radius 3 is 2.47 bits per heavy atom. The molecule has 1 aliphatic rings. The number of non-ortho nitro benzene ring substituents is 1. The Hall–Kier alpha value is -3.54. The average molecular weight is 401 g/mol. The van der Waals surface area contributed by atoms with E-state index in [4.69, 9.17) is 5.10 Å². The molecule has 1 aromatic heterocycles. The van der Waals surface area contributed by atoms with Crippen molar-refractivity contribution in [2.24, 2.45) is 0 Å². The first kappa shape index (κ1) is 19.8. The highest BCUT2D eigenvalue weighted by atomic mass is 16.6. The molecule has 0 saturated heterocycles. The highest BCUT2D eigenvalue weighted by molar-refractivity contribution is 6.05. The van der Waals surface area contributed by atoms with Crippen molar-refractivity contribution in [3.05, 3.63) is 87.2 Å². The molecule has 0 spiro atoms. The van der Waals surface area contributed by atoms with E-state index in [1.54, 1.807) is 12.1 Å². The maximum absolute atomic E-state index is 11.2. The summed E-state index contributed by atoms with van der Waals surface area (Å²) in [5, 5.41) is 16.0. The number of fused-ring (bicyclic) bond motifs is 1. The Balaban J connectivity index is 1.74. The summed E-state index contributed by atoms with van der Waals surface area (Å²) < 4.78 is 4.07. The third kappa shape index (κ3) is 3.05. The van der Waals surface area contributed by atoms with Crippen molar-refractivity contribution in [3.63, 3.8) is 0 Å². The van der Waals surface area contributed by atoms with Gasteiger partial charge in [0.05, 0.1) is 21.7 Å². The van der Waals surface area contributed by atoms with E-state index in [0.29, 0.717) is 0 Å². The second kappa shape index (κ2) is 7.06. The molecule has 1 aliphatic heterocycles. The third-order valence-corrected chi connectivity index (χ3v) is 5.98. The van der Waals surface area contributed by atoms with Crippen LogP contribution >= 0.6 is 0 Å². The van der Waals surface area contributed by atoms with E-state index in [1.165, 1.54) is 0 Å². The van der Waals surface area contributed by atoms with E-state index in [0.717, 1.165) is 39.6 Å². The molecule has 6 nitrogen and oxygen atoms in total. The lowest BCUT2D eigenvalue weighted by Gasteiger charge is -2.15. The second-order valence-corrected chi connectivity index (χ2v) is 8.19. The van der Waals surface area contributed by atoms with Crippen LogP contribution in [0.15, 0.2) is 54.6 Å². The zero-order chi connectivity index (χ0) is 21.6. The van der Waals surface area contributed by atoms with E-state index in [9.17, 15) is 10.1 Å². The molecule has 0 fully saturated rings. The minimum absolute atomic E-state index is 0.122. The zero-order valence-electron chi connectivity index (χ0n) is 17.9. The van der Waals surface area contributed by atoms with Gasteiger partial charge in [-0.25, -0.2) is 4.68 Å². The molecular weight excluding hydrogens is 376 g/mol. The van der Waals surface area contributed by atoms with E-state index in [2.05, 4.69) is 37.5 Å². The molecule has 2 aromatic carbocycles. The fourth-order valence-electron chi connectivity index (χ4n) is 4.32. The summed E-state index contributed by atoms with van der Waals surface area (Å²) in [6.45, 7) is 8.29. The number of nitrogens with zero attached hydrogens (tertiary/aromatic N) is 4. The van der Waals surface area contributed by atoms with Crippen molar-refractivity contribution in [3.8, 4) is 5.69 Å². The normalized spacial score (nSPS) is 15.1. The topological polar surface area (TPSA) is 64.0 Å². The summed E-state index contributed by atoms with van der Waals surface area (Å²) in [4.78, 5) is 10.9. The second-order valence-electron chi connectivity index (χ2n) is 8.19. The molecule has 3 aromatic rings. The predicted octanol–water partition coefficient (Wildman–Crippen LogP) is 5.12. The SMILES string of the molecule is Cc1nn(-c2ccccc2)c(C)c1C=CC1=[N+](C)c2ccc([N+](=O)[O-])cc2C1(C)C. The molecular formula is C24H25N4O2+. The number of rotatable bonds is 4. The molecule has 0 atom stereocenters. The van der Waals surface area contributed by atoms with Gasteiger partial charge in [0.15, 0.2) is 5.71 Å². The minimum atomic E-state index is -0.343. The molecule has 30 heavy (non-hydrogen) atoms. The van der Waals surface area contributed by atoms with Crippen molar-refractivity contribution in [2.45, 2.75) is 33.1 Å². The maximum Gasteiger partial charge on any atom is 0.270 e. The molecule has 4 rings (SSSR count). The van der Waals surface area contributed by atoms with E-state index < -0.39 is 0 Å². The number of allylic oxidation sites excluding steroid dienone is 1. The van der Waals surface area contributed by atoms with Gasteiger partial charge >= 0.3 is 0 Å². The van der Waals surface area contributed by atoms with Crippen molar-refractivity contribution >= 4 is 23.2 Å². The minimum Gasteiger partial charge on any atom is -0.258 e. The summed E-state index contributed by atoms with van der Waals surface area (Å²) in [6.07, 6.45) is 4.21. The van der Waals surface area contributed by atoms with E-state index in [1.807, 2.05) is 55.1 Å². The van der Waals surface area contributed by atoms with Gasteiger partial charge in [0.25, 0.3) is 5.69 Å². The van der Waals surface area contributed by atoms with Crippen LogP contribution in [-0.4, -0.2) is 32.0 Å². The summed E-state index contributed by atoms with van der Waals surface area (Å²) >= 11 is 0. The highest BCUT2D eigenvalue weighted by Crippen LogP contribution is 2.41. The van der Waals surface area contributed by atoms with Gasteiger partial charge in [-0.2, -0.15) is 9.67 Å². The first-order valence-corrected chi connectivity index (χ1v) is 9.91. The Labute approximate surface area is 176 Å². The van der Waals surface area contributed by atoms with Gasteiger partial charge in [0, 0.05) is 41.1 Å². The lowest BCUT2D eigenvalue weighted by Crippen LogP contribution is -2.26. The zero-order valence-corrected chi connectivity index (χ0v) is 17.9. The maximum atomic E-state index is 11.2. The lowest BCUT2D eigenvalue weighted by atomic mass is 9.81. The van der Waals surface area contributed by atoms with Crippen LogP contribution in [0.3, 0.4) is 0 Å². The Bertz CT molecular complexity index is 1220. The standard InChI is InChI=1S/C24H25N4O2/c1-16-20(17(2)27(25-16)18-9-7-6-8-10-18)12-14-23-24(3,4)21-15-19(28(29)30)11-13-22(21)26(23)5/h6-15H,1-5H3/q+1. The third-order valence-electron chi connectivity index (χ3n) is 5.98. The van der Waals surface area contributed by atoms with Crippen molar-refractivity contribution in [2.75, 3.05) is 7.05 Å². The predicted molar refractivity (Wildman–Crippen MR) is 119 cm³/mol. The number of hydrogen-bond donors (Lipinski definition) is 0. The van der Waals surface area contributed by atoms with Gasteiger partial charge in [0.1, 0.15) is 7.05 Å². The van der Waals surface area contributed by atoms with Crippen LogP contribution in [0.1, 0.15) is 36.4 Å². The molecule has 0 bridgehead atoms. The van der Waals surface area contributed by atoms with Gasteiger partial charge in [-0.1, -0.05) is 18.2 Å².